The van der Waals surface area contributed by atoms with Crippen LogP contribution >= 0.6 is 0 Å². The van der Waals surface area contributed by atoms with E-state index in [4.69, 9.17) is 0 Å². The average molecular weight is 182 g/mol. The fraction of sp³-hybridized carbons (Fsp3) is 1.00. The number of halogens is 2. The molecule has 0 bridgehead atoms. The first kappa shape index (κ1) is 11.0. The van der Waals surface area contributed by atoms with Crippen molar-refractivity contribution in [2.75, 3.05) is 14.1 Å². The molecule has 0 aromatic heterocycles. The molecule has 1 unspecified atom stereocenters. The zero-order valence-corrected chi connectivity index (χ0v) is 8.49. The Hall–Kier alpha value is -0.00312. The predicted octanol–water partition coefficient (Wildman–Crippen LogP) is 1.73. The fourth-order valence-corrected chi connectivity index (χ4v) is 1.99. The van der Waals surface area contributed by atoms with Crippen LogP contribution in [0.3, 0.4) is 0 Å². The zero-order valence-electron chi connectivity index (χ0n) is 7.49. The molecule has 0 aliphatic rings. The smallest absolute Gasteiger partial charge is 0.253 e. The highest BCUT2D eigenvalue weighted by Crippen LogP contribution is 2.24. The molecule has 0 aliphatic heterocycles. The quantitative estimate of drug-likeness (QED) is 0.405. The summed E-state index contributed by atoms with van der Waals surface area (Å²) >= 11 is 0. The molecule has 1 atom stereocenters. The van der Waals surface area contributed by atoms with E-state index in [-0.39, 0.29) is 0 Å². The molecule has 68 valence electrons. The van der Waals surface area contributed by atoms with Crippen LogP contribution in [0.2, 0.25) is 5.54 Å². The van der Waals surface area contributed by atoms with Gasteiger partial charge in [0.15, 0.2) is 0 Å². The van der Waals surface area contributed by atoms with Crippen LogP contribution < -0.4 is 5.09 Å². The standard InChI is InChI=1S/C6H16F2N2Si/c1-5-6(2)11(7,8)9-10(3)4/h6,9H,5H2,1-4H3. The Balaban J connectivity index is 3.98. The number of hydrazine groups is 1. The van der Waals surface area contributed by atoms with Crippen molar-refractivity contribution in [3.05, 3.63) is 0 Å². The maximum atomic E-state index is 13.1. The first-order valence-corrected chi connectivity index (χ1v) is 5.56. The van der Waals surface area contributed by atoms with E-state index in [0.29, 0.717) is 6.42 Å². The molecule has 0 amide bonds. The first-order chi connectivity index (χ1) is 4.90. The van der Waals surface area contributed by atoms with Gasteiger partial charge >= 0.3 is 8.90 Å². The maximum Gasteiger partial charge on any atom is 0.520 e. The van der Waals surface area contributed by atoms with E-state index in [1.165, 1.54) is 5.01 Å². The molecule has 0 aliphatic carbocycles. The highest BCUT2D eigenvalue weighted by atomic mass is 28.4. The van der Waals surface area contributed by atoms with Crippen molar-refractivity contribution in [2.45, 2.75) is 25.8 Å². The summed E-state index contributed by atoms with van der Waals surface area (Å²) in [5, 5.41) is 3.54. The summed E-state index contributed by atoms with van der Waals surface area (Å²) in [5.74, 6) is 0. The molecule has 0 rings (SSSR count). The molecule has 0 saturated carbocycles. The maximum absolute atomic E-state index is 13.1. The van der Waals surface area contributed by atoms with Crippen LogP contribution in [0.1, 0.15) is 20.3 Å². The lowest BCUT2D eigenvalue weighted by molar-refractivity contribution is 0.311. The third kappa shape index (κ3) is 3.78. The van der Waals surface area contributed by atoms with Gasteiger partial charge in [-0.2, -0.15) is 0 Å². The third-order valence-corrected chi connectivity index (χ3v) is 4.00. The highest BCUT2D eigenvalue weighted by molar-refractivity contribution is 6.64. The van der Waals surface area contributed by atoms with Gasteiger partial charge in [0.1, 0.15) is 0 Å². The molecule has 11 heavy (non-hydrogen) atoms. The largest absolute Gasteiger partial charge is 0.520 e. The van der Waals surface area contributed by atoms with E-state index in [2.05, 4.69) is 5.09 Å². The minimum Gasteiger partial charge on any atom is -0.253 e. The van der Waals surface area contributed by atoms with Crippen molar-refractivity contribution < 1.29 is 8.22 Å². The summed E-state index contributed by atoms with van der Waals surface area (Å²) in [5.41, 5.74) is -0.495. The fourth-order valence-electron chi connectivity index (χ4n) is 0.665. The molecular formula is C6H16F2N2Si. The van der Waals surface area contributed by atoms with Crippen LogP contribution in [-0.4, -0.2) is 28.0 Å². The molecule has 5 heteroatoms. The SMILES string of the molecule is CCC(C)[Si](F)(F)NN(C)C. The summed E-state index contributed by atoms with van der Waals surface area (Å²) in [4.78, 5) is 0. The van der Waals surface area contributed by atoms with Crippen molar-refractivity contribution in [2.24, 2.45) is 0 Å². The Bertz CT molecular complexity index is 119. The Kier molecular flexibility index (Phi) is 4.13. The van der Waals surface area contributed by atoms with E-state index in [0.717, 1.165) is 0 Å². The molecule has 0 heterocycles. The molecular weight excluding hydrogens is 166 g/mol. The summed E-state index contributed by atoms with van der Waals surface area (Å²) in [6.45, 7) is 3.37. The topological polar surface area (TPSA) is 15.3 Å². The second-order valence-corrected chi connectivity index (χ2v) is 5.39. The van der Waals surface area contributed by atoms with E-state index in [9.17, 15) is 8.22 Å². The molecule has 0 spiro atoms. The van der Waals surface area contributed by atoms with Gasteiger partial charge in [-0.1, -0.05) is 13.8 Å². The van der Waals surface area contributed by atoms with Gasteiger partial charge in [0.2, 0.25) is 0 Å². The summed E-state index contributed by atoms with van der Waals surface area (Å²) in [7, 11) is -1.02. The van der Waals surface area contributed by atoms with Crippen LogP contribution in [0.4, 0.5) is 8.22 Å². The average Bonchev–Trinajstić information content (AvgIpc) is 1.83. The monoisotopic (exact) mass is 182 g/mol. The van der Waals surface area contributed by atoms with Crippen LogP contribution in [0.15, 0.2) is 0 Å². The Labute approximate surface area is 68.0 Å². The molecule has 0 saturated heterocycles. The van der Waals surface area contributed by atoms with Crippen LogP contribution in [0.25, 0.3) is 0 Å². The van der Waals surface area contributed by atoms with Crippen molar-refractivity contribution >= 4 is 8.90 Å². The van der Waals surface area contributed by atoms with Crippen LogP contribution in [0.5, 0.6) is 0 Å². The molecule has 0 radical (unpaired) electrons. The van der Waals surface area contributed by atoms with Crippen molar-refractivity contribution in [3.63, 3.8) is 0 Å². The molecule has 0 fully saturated rings. The van der Waals surface area contributed by atoms with Crippen molar-refractivity contribution in [1.29, 1.82) is 0 Å². The zero-order chi connectivity index (χ0) is 9.07. The van der Waals surface area contributed by atoms with E-state index in [1.807, 2.05) is 0 Å². The normalized spacial score (nSPS) is 15.5. The van der Waals surface area contributed by atoms with Gasteiger partial charge in [-0.15, -0.1) is 0 Å². The highest BCUT2D eigenvalue weighted by Gasteiger charge is 2.42. The molecule has 0 aromatic carbocycles. The van der Waals surface area contributed by atoms with Gasteiger partial charge in [0.25, 0.3) is 0 Å². The summed E-state index contributed by atoms with van der Waals surface area (Å²) < 4.78 is 26.1. The van der Waals surface area contributed by atoms with Gasteiger partial charge in [0, 0.05) is 19.6 Å². The lowest BCUT2D eigenvalue weighted by atomic mass is 10.4. The van der Waals surface area contributed by atoms with Crippen LogP contribution in [0, 0.1) is 0 Å². The summed E-state index contributed by atoms with van der Waals surface area (Å²) in [6.07, 6.45) is 0.528. The van der Waals surface area contributed by atoms with Gasteiger partial charge in [-0.05, 0) is 6.42 Å². The Morgan fingerprint density at radius 3 is 2.18 bits per heavy atom. The minimum atomic E-state index is -4.19. The van der Waals surface area contributed by atoms with Gasteiger partial charge < -0.3 is 0 Å². The van der Waals surface area contributed by atoms with Gasteiger partial charge in [0.05, 0.1) is 0 Å². The third-order valence-electron chi connectivity index (χ3n) is 1.60. The van der Waals surface area contributed by atoms with Gasteiger partial charge in [-0.3, -0.25) is 13.2 Å². The Morgan fingerprint density at radius 2 is 1.91 bits per heavy atom. The predicted molar refractivity (Wildman–Crippen MR) is 44.5 cm³/mol. The van der Waals surface area contributed by atoms with Crippen molar-refractivity contribution in [1.82, 2.24) is 10.1 Å². The van der Waals surface area contributed by atoms with Gasteiger partial charge in [-0.25, -0.2) is 5.09 Å². The molecule has 1 N–H and O–H groups in total. The minimum absolute atomic E-state index is 0.495. The number of nitrogens with one attached hydrogen (secondary N) is 1. The lowest BCUT2D eigenvalue weighted by Crippen LogP contribution is -2.52. The number of hydrogen-bond donors (Lipinski definition) is 1. The summed E-state index contributed by atoms with van der Waals surface area (Å²) in [6, 6.07) is 0. The second kappa shape index (κ2) is 4.13. The Morgan fingerprint density at radius 1 is 1.45 bits per heavy atom. The first-order valence-electron chi connectivity index (χ1n) is 3.73. The second-order valence-electron chi connectivity index (χ2n) is 2.94. The van der Waals surface area contributed by atoms with Crippen molar-refractivity contribution in [3.8, 4) is 0 Å². The number of nitrogens with zero attached hydrogens (tertiary/aromatic N) is 1. The van der Waals surface area contributed by atoms with E-state index < -0.39 is 14.4 Å². The molecule has 2 nitrogen and oxygen atoms in total. The number of hydrogen-bond acceptors (Lipinski definition) is 2. The van der Waals surface area contributed by atoms with E-state index in [1.54, 1.807) is 27.9 Å². The van der Waals surface area contributed by atoms with E-state index >= 15 is 0 Å². The number of rotatable bonds is 4. The van der Waals surface area contributed by atoms with Crippen LogP contribution in [-0.2, 0) is 0 Å². The molecule has 0 aromatic rings. The lowest BCUT2D eigenvalue weighted by Gasteiger charge is -2.23.